The largest absolute Gasteiger partial charge is 0.481 e. The van der Waals surface area contributed by atoms with E-state index in [4.69, 9.17) is 9.84 Å². The molecule has 1 aliphatic rings. The number of hydrogen-bond donors (Lipinski definition) is 2. The van der Waals surface area contributed by atoms with Gasteiger partial charge in [-0.1, -0.05) is 25.5 Å². The second-order valence-corrected chi connectivity index (χ2v) is 5.01. The van der Waals surface area contributed by atoms with E-state index in [1.807, 2.05) is 6.92 Å². The molecule has 20 heavy (non-hydrogen) atoms. The number of ether oxygens (including phenoxy) is 1. The van der Waals surface area contributed by atoms with Crippen LogP contribution in [0.4, 0.5) is 5.69 Å². The highest BCUT2D eigenvalue weighted by atomic mass is 16.5. The molecule has 5 nitrogen and oxygen atoms in total. The van der Waals surface area contributed by atoms with Gasteiger partial charge in [0.1, 0.15) is 6.10 Å². The Morgan fingerprint density at radius 2 is 2.25 bits per heavy atom. The third-order valence-corrected chi connectivity index (χ3v) is 3.55. The molecule has 0 spiro atoms. The van der Waals surface area contributed by atoms with Crippen LogP contribution in [0.15, 0.2) is 24.3 Å². The third-order valence-electron chi connectivity index (χ3n) is 3.55. The van der Waals surface area contributed by atoms with Crippen LogP contribution in [-0.2, 0) is 20.7 Å². The van der Waals surface area contributed by atoms with Crippen molar-refractivity contribution in [2.45, 2.75) is 32.3 Å². The molecule has 1 amide bonds. The summed E-state index contributed by atoms with van der Waals surface area (Å²) in [5.41, 5.74) is 1.27. The van der Waals surface area contributed by atoms with Gasteiger partial charge in [0.2, 0.25) is 0 Å². The number of carboxylic acid groups (broad SMARTS) is 1. The fraction of sp³-hybridized carbons (Fsp3) is 0.467. The summed E-state index contributed by atoms with van der Waals surface area (Å²) in [4.78, 5) is 22.9. The molecule has 2 atom stereocenters. The predicted octanol–water partition coefficient (Wildman–Crippen LogP) is 2.07. The van der Waals surface area contributed by atoms with Crippen LogP contribution in [0.3, 0.4) is 0 Å². The Labute approximate surface area is 117 Å². The number of anilines is 1. The van der Waals surface area contributed by atoms with Gasteiger partial charge in [-0.2, -0.15) is 0 Å². The van der Waals surface area contributed by atoms with Crippen LogP contribution in [0.2, 0.25) is 0 Å². The highest BCUT2D eigenvalue weighted by molar-refractivity contribution is 5.94. The monoisotopic (exact) mass is 277 g/mol. The molecule has 1 saturated heterocycles. The van der Waals surface area contributed by atoms with Crippen LogP contribution in [0.5, 0.6) is 0 Å². The summed E-state index contributed by atoms with van der Waals surface area (Å²) in [5, 5.41) is 11.6. The minimum atomic E-state index is -0.890. The highest BCUT2D eigenvalue weighted by Gasteiger charge is 2.32. The number of carboxylic acids is 1. The molecule has 108 valence electrons. The first-order valence-electron chi connectivity index (χ1n) is 6.83. The minimum absolute atomic E-state index is 0.0543. The molecule has 0 bridgehead atoms. The van der Waals surface area contributed by atoms with Gasteiger partial charge < -0.3 is 15.2 Å². The van der Waals surface area contributed by atoms with E-state index in [0.29, 0.717) is 17.9 Å². The lowest BCUT2D eigenvalue weighted by Gasteiger charge is -2.16. The van der Waals surface area contributed by atoms with Gasteiger partial charge in [0.25, 0.3) is 5.91 Å². The molecule has 5 heteroatoms. The van der Waals surface area contributed by atoms with E-state index in [2.05, 4.69) is 5.32 Å². The fourth-order valence-electron chi connectivity index (χ4n) is 2.49. The number of carbonyl (C=O) groups excluding carboxylic acids is 1. The Balaban J connectivity index is 2.02. The lowest BCUT2D eigenvalue weighted by molar-refractivity contribution is -0.136. The van der Waals surface area contributed by atoms with Crippen molar-refractivity contribution in [1.82, 2.24) is 0 Å². The zero-order chi connectivity index (χ0) is 14.5. The van der Waals surface area contributed by atoms with Crippen LogP contribution in [0.1, 0.15) is 25.3 Å². The molecule has 1 aromatic rings. The fourth-order valence-corrected chi connectivity index (χ4v) is 2.49. The van der Waals surface area contributed by atoms with Gasteiger partial charge >= 0.3 is 5.97 Å². The van der Waals surface area contributed by atoms with Crippen LogP contribution in [0, 0.1) is 5.92 Å². The standard InChI is InChI=1S/C15H19NO4/c1-2-11-6-7-20-14(11)15(19)16-12-5-3-4-10(8-12)9-13(17)18/h3-5,8,11,14H,2,6-7,9H2,1H3,(H,16,19)(H,17,18)/t11-,14+/m1/s1. The van der Waals surface area contributed by atoms with E-state index in [9.17, 15) is 9.59 Å². The maximum atomic E-state index is 12.2. The molecule has 1 aromatic carbocycles. The van der Waals surface area contributed by atoms with Gasteiger partial charge in [-0.25, -0.2) is 0 Å². The first-order valence-corrected chi connectivity index (χ1v) is 6.83. The number of amides is 1. The average molecular weight is 277 g/mol. The molecule has 0 unspecified atom stereocenters. The molecule has 0 radical (unpaired) electrons. The van der Waals surface area contributed by atoms with Crippen molar-refractivity contribution in [1.29, 1.82) is 0 Å². The van der Waals surface area contributed by atoms with Crippen LogP contribution in [-0.4, -0.2) is 29.7 Å². The quantitative estimate of drug-likeness (QED) is 0.864. The zero-order valence-electron chi connectivity index (χ0n) is 11.5. The van der Waals surface area contributed by atoms with Crippen molar-refractivity contribution in [2.75, 3.05) is 11.9 Å². The van der Waals surface area contributed by atoms with E-state index >= 15 is 0 Å². The number of aliphatic carboxylic acids is 1. The van der Waals surface area contributed by atoms with Gasteiger partial charge in [-0.3, -0.25) is 9.59 Å². The molecular formula is C15H19NO4. The second-order valence-electron chi connectivity index (χ2n) is 5.01. The number of rotatable bonds is 5. The molecule has 2 N–H and O–H groups in total. The smallest absolute Gasteiger partial charge is 0.307 e. The summed E-state index contributed by atoms with van der Waals surface area (Å²) in [7, 11) is 0. The maximum Gasteiger partial charge on any atom is 0.307 e. The third kappa shape index (κ3) is 3.57. The summed E-state index contributed by atoms with van der Waals surface area (Å²) in [6.07, 6.45) is 1.37. The Morgan fingerprint density at radius 1 is 1.45 bits per heavy atom. The lowest BCUT2D eigenvalue weighted by Crippen LogP contribution is -2.32. The molecule has 1 fully saturated rings. The molecule has 2 rings (SSSR count). The topological polar surface area (TPSA) is 75.6 Å². The Bertz CT molecular complexity index is 500. The van der Waals surface area contributed by atoms with Gasteiger partial charge in [-0.05, 0) is 30.0 Å². The van der Waals surface area contributed by atoms with Crippen molar-refractivity contribution < 1.29 is 19.4 Å². The van der Waals surface area contributed by atoms with E-state index in [-0.39, 0.29) is 18.2 Å². The van der Waals surface area contributed by atoms with E-state index in [1.54, 1.807) is 24.3 Å². The number of nitrogens with one attached hydrogen (secondary N) is 1. The summed E-state index contributed by atoms with van der Waals surface area (Å²) < 4.78 is 5.48. The first kappa shape index (κ1) is 14.5. The van der Waals surface area contributed by atoms with Crippen molar-refractivity contribution in [2.24, 2.45) is 5.92 Å². The van der Waals surface area contributed by atoms with Gasteiger partial charge in [0, 0.05) is 12.3 Å². The molecule has 0 aromatic heterocycles. The van der Waals surface area contributed by atoms with Crippen molar-refractivity contribution in [3.63, 3.8) is 0 Å². The van der Waals surface area contributed by atoms with Crippen LogP contribution < -0.4 is 5.32 Å². The van der Waals surface area contributed by atoms with Crippen molar-refractivity contribution >= 4 is 17.6 Å². The number of hydrogen-bond acceptors (Lipinski definition) is 3. The van der Waals surface area contributed by atoms with Crippen molar-refractivity contribution in [3.8, 4) is 0 Å². The summed E-state index contributed by atoms with van der Waals surface area (Å²) in [6.45, 7) is 2.67. The van der Waals surface area contributed by atoms with Crippen LogP contribution in [0.25, 0.3) is 0 Å². The molecule has 1 heterocycles. The summed E-state index contributed by atoms with van der Waals surface area (Å²) in [5.74, 6) is -0.780. The molecule has 1 aliphatic heterocycles. The number of carbonyl (C=O) groups is 2. The molecule has 0 aliphatic carbocycles. The lowest BCUT2D eigenvalue weighted by atomic mass is 9.98. The van der Waals surface area contributed by atoms with Gasteiger partial charge in [0.15, 0.2) is 0 Å². The summed E-state index contributed by atoms with van der Waals surface area (Å²) >= 11 is 0. The Hall–Kier alpha value is -1.88. The Kier molecular flexibility index (Phi) is 4.74. The highest BCUT2D eigenvalue weighted by Crippen LogP contribution is 2.25. The van der Waals surface area contributed by atoms with Crippen molar-refractivity contribution in [3.05, 3.63) is 29.8 Å². The maximum absolute atomic E-state index is 12.2. The second kappa shape index (κ2) is 6.52. The van der Waals surface area contributed by atoms with Gasteiger partial charge in [0.05, 0.1) is 6.42 Å². The minimum Gasteiger partial charge on any atom is -0.481 e. The summed E-state index contributed by atoms with van der Waals surface area (Å²) in [6, 6.07) is 6.90. The van der Waals surface area contributed by atoms with E-state index in [0.717, 1.165) is 12.8 Å². The number of benzene rings is 1. The van der Waals surface area contributed by atoms with E-state index < -0.39 is 12.1 Å². The first-order chi connectivity index (χ1) is 9.60. The van der Waals surface area contributed by atoms with Crippen LogP contribution >= 0.6 is 0 Å². The zero-order valence-corrected chi connectivity index (χ0v) is 11.5. The normalized spacial score (nSPS) is 21.6. The van der Waals surface area contributed by atoms with E-state index in [1.165, 1.54) is 0 Å². The van der Waals surface area contributed by atoms with Gasteiger partial charge in [-0.15, -0.1) is 0 Å². The predicted molar refractivity (Wildman–Crippen MR) is 74.5 cm³/mol. The Morgan fingerprint density at radius 3 is 2.95 bits per heavy atom. The SMILES string of the molecule is CC[C@@H]1CCO[C@@H]1C(=O)Nc1cccc(CC(=O)O)c1. The molecular weight excluding hydrogens is 258 g/mol. The molecule has 0 saturated carbocycles. The average Bonchev–Trinajstić information content (AvgIpc) is 2.86.